The van der Waals surface area contributed by atoms with E-state index in [1.54, 1.807) is 0 Å². The van der Waals surface area contributed by atoms with Crippen molar-refractivity contribution in [3.63, 3.8) is 0 Å². The van der Waals surface area contributed by atoms with Crippen molar-refractivity contribution in [3.8, 4) is 0 Å². The smallest absolute Gasteiger partial charge is 0.170 e. The zero-order chi connectivity index (χ0) is 16.0. The molecule has 5 unspecified atom stereocenters. The van der Waals surface area contributed by atoms with Crippen molar-refractivity contribution in [2.24, 2.45) is 5.92 Å². The van der Waals surface area contributed by atoms with Crippen molar-refractivity contribution in [2.75, 3.05) is 18.4 Å². The molecule has 5 atom stereocenters. The highest BCUT2D eigenvalue weighted by Crippen LogP contribution is 2.60. The van der Waals surface area contributed by atoms with Crippen LogP contribution in [0.4, 0.5) is 5.69 Å². The van der Waals surface area contributed by atoms with E-state index < -0.39 is 11.0 Å². The molecular weight excluding hydrogens is 288 g/mol. The number of carbonyl (C=O) groups excluding carboxylic acids is 1. The standard InChI is InChI=1S/C19H22N2O2/c1-11-13-7-9-21-10-8-18(16(11)22)14-5-3-4-6-15(14)20-12(2)19(13,23)17(18)21/h3-6,12-13,17,20,23H,1,7-10H2,2H3. The summed E-state index contributed by atoms with van der Waals surface area (Å²) >= 11 is 0. The zero-order valence-electron chi connectivity index (χ0n) is 13.4. The van der Waals surface area contributed by atoms with Crippen molar-refractivity contribution in [1.82, 2.24) is 4.90 Å². The number of benzene rings is 1. The van der Waals surface area contributed by atoms with Crippen LogP contribution in [0.25, 0.3) is 0 Å². The lowest BCUT2D eigenvalue weighted by molar-refractivity contribution is -0.155. The maximum atomic E-state index is 13.4. The third-order valence-electron chi connectivity index (χ3n) is 6.92. The predicted molar refractivity (Wildman–Crippen MR) is 88.4 cm³/mol. The number of aliphatic hydroxyl groups is 1. The molecule has 4 heteroatoms. The lowest BCUT2D eigenvalue weighted by atomic mass is 9.52. The molecule has 3 heterocycles. The summed E-state index contributed by atoms with van der Waals surface area (Å²) in [5, 5.41) is 15.4. The summed E-state index contributed by atoms with van der Waals surface area (Å²) in [4.78, 5) is 15.8. The molecule has 120 valence electrons. The Morgan fingerprint density at radius 1 is 1.35 bits per heavy atom. The molecule has 2 saturated heterocycles. The van der Waals surface area contributed by atoms with Crippen LogP contribution in [0.5, 0.6) is 0 Å². The molecule has 1 saturated carbocycles. The number of ketones is 1. The van der Waals surface area contributed by atoms with Crippen LogP contribution in [0, 0.1) is 5.92 Å². The second-order valence-corrected chi connectivity index (χ2v) is 7.65. The SMILES string of the molecule is C=C1C(=O)C23CCN4CCC1C(O)(C(C)Nc1ccccc12)C43. The van der Waals surface area contributed by atoms with Crippen molar-refractivity contribution < 1.29 is 9.90 Å². The van der Waals surface area contributed by atoms with E-state index in [0.29, 0.717) is 5.57 Å². The van der Waals surface area contributed by atoms with Gasteiger partial charge < -0.3 is 10.4 Å². The summed E-state index contributed by atoms with van der Waals surface area (Å²) in [6.07, 6.45) is 1.59. The molecule has 3 aliphatic heterocycles. The lowest BCUT2D eigenvalue weighted by Crippen LogP contribution is -2.74. The molecule has 0 aromatic heterocycles. The molecule has 5 rings (SSSR count). The largest absolute Gasteiger partial charge is 0.385 e. The van der Waals surface area contributed by atoms with Crippen molar-refractivity contribution in [1.29, 1.82) is 0 Å². The van der Waals surface area contributed by atoms with E-state index in [1.165, 1.54) is 0 Å². The van der Waals surface area contributed by atoms with Crippen LogP contribution in [-0.2, 0) is 10.2 Å². The molecule has 0 spiro atoms. The average Bonchev–Trinajstić information content (AvgIpc) is 2.93. The molecule has 2 N–H and O–H groups in total. The Balaban J connectivity index is 1.89. The van der Waals surface area contributed by atoms with Crippen LogP contribution in [0.2, 0.25) is 0 Å². The van der Waals surface area contributed by atoms with Gasteiger partial charge in [-0.2, -0.15) is 0 Å². The van der Waals surface area contributed by atoms with Crippen molar-refractivity contribution in [2.45, 2.75) is 42.9 Å². The molecule has 4 nitrogen and oxygen atoms in total. The minimum atomic E-state index is -0.946. The maximum absolute atomic E-state index is 13.4. The second-order valence-electron chi connectivity index (χ2n) is 7.65. The first-order chi connectivity index (χ1) is 11.0. The van der Waals surface area contributed by atoms with E-state index in [0.717, 1.165) is 37.2 Å². The summed E-state index contributed by atoms with van der Waals surface area (Å²) in [5.74, 6) is 0.0158. The third kappa shape index (κ3) is 1.31. The molecule has 1 aromatic rings. The summed E-state index contributed by atoms with van der Waals surface area (Å²) < 4.78 is 0. The Kier molecular flexibility index (Phi) is 2.43. The van der Waals surface area contributed by atoms with Gasteiger partial charge in [0.05, 0.1) is 17.5 Å². The van der Waals surface area contributed by atoms with Gasteiger partial charge in [-0.05, 0) is 50.1 Å². The molecule has 3 fully saturated rings. The first-order valence-electron chi connectivity index (χ1n) is 8.57. The summed E-state index contributed by atoms with van der Waals surface area (Å²) in [6.45, 7) is 8.01. The van der Waals surface area contributed by atoms with E-state index in [-0.39, 0.29) is 23.8 Å². The van der Waals surface area contributed by atoms with Gasteiger partial charge in [0.15, 0.2) is 5.78 Å². The number of fused-ring (bicyclic) bond motifs is 1. The van der Waals surface area contributed by atoms with Crippen LogP contribution in [-0.4, -0.2) is 46.6 Å². The summed E-state index contributed by atoms with van der Waals surface area (Å²) in [6, 6.07) is 7.83. The number of rotatable bonds is 0. The van der Waals surface area contributed by atoms with E-state index in [1.807, 2.05) is 25.1 Å². The molecule has 23 heavy (non-hydrogen) atoms. The fourth-order valence-electron chi connectivity index (χ4n) is 5.97. The molecule has 1 aromatic carbocycles. The van der Waals surface area contributed by atoms with Gasteiger partial charge in [0.25, 0.3) is 0 Å². The monoisotopic (exact) mass is 310 g/mol. The molecule has 1 aliphatic carbocycles. The van der Waals surface area contributed by atoms with Gasteiger partial charge in [-0.25, -0.2) is 0 Å². The van der Waals surface area contributed by atoms with Gasteiger partial charge in [0.1, 0.15) is 5.60 Å². The molecule has 4 bridgehead atoms. The topological polar surface area (TPSA) is 52.6 Å². The minimum absolute atomic E-state index is 0.119. The third-order valence-corrected chi connectivity index (χ3v) is 6.92. The number of hydrogen-bond donors (Lipinski definition) is 2. The highest BCUT2D eigenvalue weighted by molar-refractivity contribution is 6.07. The van der Waals surface area contributed by atoms with E-state index >= 15 is 0 Å². The molecule has 4 aliphatic rings. The fraction of sp³-hybridized carbons (Fsp3) is 0.526. The molecule has 0 amide bonds. The summed E-state index contributed by atoms with van der Waals surface area (Å²) in [7, 11) is 0. The van der Waals surface area contributed by atoms with Crippen LogP contribution < -0.4 is 5.32 Å². The fourth-order valence-corrected chi connectivity index (χ4v) is 5.97. The van der Waals surface area contributed by atoms with Gasteiger partial charge in [0, 0.05) is 11.6 Å². The van der Waals surface area contributed by atoms with Gasteiger partial charge in [-0.3, -0.25) is 9.69 Å². The summed E-state index contributed by atoms with van der Waals surface area (Å²) in [5.41, 5.74) is 1.08. The van der Waals surface area contributed by atoms with Crippen LogP contribution in [0.1, 0.15) is 25.3 Å². The van der Waals surface area contributed by atoms with Gasteiger partial charge in [0.2, 0.25) is 0 Å². The van der Waals surface area contributed by atoms with Gasteiger partial charge in [-0.15, -0.1) is 0 Å². The van der Waals surface area contributed by atoms with E-state index in [4.69, 9.17) is 0 Å². The number of hydrogen-bond acceptors (Lipinski definition) is 4. The predicted octanol–water partition coefficient (Wildman–Crippen LogP) is 1.70. The van der Waals surface area contributed by atoms with Gasteiger partial charge in [-0.1, -0.05) is 24.8 Å². The Morgan fingerprint density at radius 3 is 2.96 bits per heavy atom. The Labute approximate surface area is 136 Å². The number of piperidine rings is 1. The van der Waals surface area contributed by atoms with E-state index in [9.17, 15) is 9.90 Å². The number of para-hydroxylation sites is 1. The van der Waals surface area contributed by atoms with Crippen molar-refractivity contribution in [3.05, 3.63) is 42.0 Å². The Morgan fingerprint density at radius 2 is 2.13 bits per heavy atom. The quantitative estimate of drug-likeness (QED) is 0.716. The van der Waals surface area contributed by atoms with Crippen LogP contribution in [0.3, 0.4) is 0 Å². The molecular formula is C19H22N2O2. The van der Waals surface area contributed by atoms with Gasteiger partial charge >= 0.3 is 0 Å². The highest BCUT2D eigenvalue weighted by atomic mass is 16.3. The first kappa shape index (κ1) is 13.8. The highest BCUT2D eigenvalue weighted by Gasteiger charge is 2.72. The number of carbonyl (C=O) groups is 1. The number of nitrogens with zero attached hydrogens (tertiary/aromatic N) is 1. The van der Waals surface area contributed by atoms with Crippen molar-refractivity contribution >= 4 is 11.5 Å². The average molecular weight is 310 g/mol. The van der Waals surface area contributed by atoms with Crippen LogP contribution in [0.15, 0.2) is 36.4 Å². The number of nitrogens with one attached hydrogen (secondary N) is 1. The normalized spacial score (nSPS) is 44.5. The zero-order valence-corrected chi connectivity index (χ0v) is 13.4. The maximum Gasteiger partial charge on any atom is 0.170 e. The number of anilines is 1. The Bertz CT molecular complexity index is 745. The second kappa shape index (κ2) is 4.05. The minimum Gasteiger partial charge on any atom is -0.385 e. The first-order valence-corrected chi connectivity index (χ1v) is 8.57. The van der Waals surface area contributed by atoms with E-state index in [2.05, 4.69) is 22.9 Å². The number of Topliss-reactive ketones (excluding diaryl/α,β-unsaturated/α-hetero) is 1. The van der Waals surface area contributed by atoms with Crippen LogP contribution >= 0.6 is 0 Å². The lowest BCUT2D eigenvalue weighted by Gasteiger charge is -2.58. The molecule has 0 radical (unpaired) electrons. The Hall–Kier alpha value is -1.65.